The summed E-state index contributed by atoms with van der Waals surface area (Å²) in [6.07, 6.45) is 0. The van der Waals surface area contributed by atoms with Gasteiger partial charge in [0.05, 0.1) is 4.92 Å². The fourth-order valence-electron chi connectivity index (χ4n) is 1.93. The lowest BCUT2D eigenvalue weighted by molar-refractivity contribution is -0.384. The van der Waals surface area contributed by atoms with Gasteiger partial charge < -0.3 is 15.1 Å². The molecule has 1 N–H and O–H groups in total. The van der Waals surface area contributed by atoms with Crippen molar-refractivity contribution in [1.82, 2.24) is 9.80 Å². The molecule has 0 unspecified atom stereocenters. The first-order chi connectivity index (χ1) is 9.43. The van der Waals surface area contributed by atoms with E-state index < -0.39 is 0 Å². The second-order valence-corrected chi connectivity index (χ2v) is 5.18. The van der Waals surface area contributed by atoms with Crippen molar-refractivity contribution in [3.63, 3.8) is 0 Å². The average molecular weight is 280 g/mol. The molecular weight excluding hydrogens is 256 g/mol. The van der Waals surface area contributed by atoms with Gasteiger partial charge in [-0.15, -0.1) is 0 Å². The summed E-state index contributed by atoms with van der Waals surface area (Å²) in [5, 5.41) is 14.1. The lowest BCUT2D eigenvalue weighted by atomic mass is 10.1. The van der Waals surface area contributed by atoms with Crippen LogP contribution >= 0.6 is 0 Å². The minimum Gasteiger partial charge on any atom is -0.380 e. The van der Waals surface area contributed by atoms with Gasteiger partial charge in [0.1, 0.15) is 5.69 Å². The van der Waals surface area contributed by atoms with Gasteiger partial charge >= 0.3 is 0 Å². The lowest BCUT2D eigenvalue weighted by Gasteiger charge is -2.19. The second kappa shape index (κ2) is 7.81. The molecule has 20 heavy (non-hydrogen) atoms. The molecule has 0 atom stereocenters. The third-order valence-corrected chi connectivity index (χ3v) is 3.01. The monoisotopic (exact) mass is 280 g/mol. The molecule has 0 aliphatic rings. The molecule has 112 valence electrons. The summed E-state index contributed by atoms with van der Waals surface area (Å²) in [6.45, 7) is 5.19. The van der Waals surface area contributed by atoms with Gasteiger partial charge in [0.15, 0.2) is 0 Å². The maximum Gasteiger partial charge on any atom is 0.292 e. The van der Waals surface area contributed by atoms with Gasteiger partial charge in [0.25, 0.3) is 5.69 Å². The molecule has 0 fully saturated rings. The molecule has 0 saturated heterocycles. The average Bonchev–Trinajstić information content (AvgIpc) is 2.38. The Morgan fingerprint density at radius 1 is 1.25 bits per heavy atom. The zero-order valence-electron chi connectivity index (χ0n) is 12.7. The van der Waals surface area contributed by atoms with E-state index in [4.69, 9.17) is 0 Å². The number of likely N-dealkylation sites (N-methyl/N-ethyl adjacent to an activating group) is 2. The van der Waals surface area contributed by atoms with Gasteiger partial charge in [0.2, 0.25) is 0 Å². The van der Waals surface area contributed by atoms with E-state index in [-0.39, 0.29) is 10.6 Å². The Morgan fingerprint density at radius 3 is 2.50 bits per heavy atom. The Labute approximate surface area is 120 Å². The summed E-state index contributed by atoms with van der Waals surface area (Å²) in [5.74, 6) is 0. The highest BCUT2D eigenvalue weighted by atomic mass is 16.6. The third kappa shape index (κ3) is 5.14. The topological polar surface area (TPSA) is 61.6 Å². The van der Waals surface area contributed by atoms with E-state index in [9.17, 15) is 10.1 Å². The van der Waals surface area contributed by atoms with E-state index in [0.29, 0.717) is 18.8 Å². The van der Waals surface area contributed by atoms with Crippen LogP contribution in [0.1, 0.15) is 12.5 Å². The number of anilines is 1. The lowest BCUT2D eigenvalue weighted by Crippen LogP contribution is -2.28. The van der Waals surface area contributed by atoms with Crippen LogP contribution in [0.25, 0.3) is 0 Å². The van der Waals surface area contributed by atoms with Crippen LogP contribution < -0.4 is 5.32 Å². The number of benzene rings is 1. The Kier molecular flexibility index (Phi) is 6.41. The maximum absolute atomic E-state index is 11.1. The highest BCUT2D eigenvalue weighted by Gasteiger charge is 2.14. The number of hydrogen-bond donors (Lipinski definition) is 1. The molecule has 1 aromatic rings. The van der Waals surface area contributed by atoms with Crippen LogP contribution in [-0.4, -0.2) is 55.5 Å². The summed E-state index contributed by atoms with van der Waals surface area (Å²) in [5.41, 5.74) is 1.68. The normalized spacial score (nSPS) is 11.1. The molecule has 0 amide bonds. The molecule has 0 spiro atoms. The fourth-order valence-corrected chi connectivity index (χ4v) is 1.93. The van der Waals surface area contributed by atoms with Gasteiger partial charge in [-0.25, -0.2) is 0 Å². The van der Waals surface area contributed by atoms with Crippen LogP contribution in [-0.2, 0) is 6.54 Å². The van der Waals surface area contributed by atoms with E-state index >= 15 is 0 Å². The molecule has 0 radical (unpaired) electrons. The van der Waals surface area contributed by atoms with Crippen molar-refractivity contribution >= 4 is 11.4 Å². The number of rotatable bonds is 8. The third-order valence-electron chi connectivity index (χ3n) is 3.01. The molecular formula is C14H24N4O2. The Morgan fingerprint density at radius 2 is 1.95 bits per heavy atom. The first-order valence-electron chi connectivity index (χ1n) is 6.78. The Hall–Kier alpha value is -1.66. The van der Waals surface area contributed by atoms with Gasteiger partial charge in [-0.3, -0.25) is 10.1 Å². The quantitative estimate of drug-likeness (QED) is 0.583. The highest BCUT2D eigenvalue weighted by Crippen LogP contribution is 2.25. The van der Waals surface area contributed by atoms with E-state index in [0.717, 1.165) is 18.7 Å². The first kappa shape index (κ1) is 16.4. The van der Waals surface area contributed by atoms with E-state index in [1.54, 1.807) is 12.1 Å². The molecule has 0 saturated carbocycles. The number of nitrogens with zero attached hydrogens (tertiary/aromatic N) is 3. The Bertz CT molecular complexity index is 449. The minimum absolute atomic E-state index is 0.144. The van der Waals surface area contributed by atoms with Crippen LogP contribution in [0.5, 0.6) is 0 Å². The molecule has 0 aromatic heterocycles. The second-order valence-electron chi connectivity index (χ2n) is 5.18. The molecule has 1 rings (SSSR count). The molecule has 0 aliphatic heterocycles. The van der Waals surface area contributed by atoms with E-state index in [1.807, 2.05) is 34.1 Å². The first-order valence-corrected chi connectivity index (χ1v) is 6.78. The molecule has 0 bridgehead atoms. The van der Waals surface area contributed by atoms with Crippen molar-refractivity contribution in [2.75, 3.05) is 46.1 Å². The Balaban J connectivity index is 2.76. The highest BCUT2D eigenvalue weighted by molar-refractivity contribution is 5.62. The predicted octanol–water partition coefficient (Wildman–Crippen LogP) is 2.02. The van der Waals surface area contributed by atoms with Crippen LogP contribution in [0.2, 0.25) is 0 Å². The van der Waals surface area contributed by atoms with Crippen molar-refractivity contribution in [2.24, 2.45) is 0 Å². The van der Waals surface area contributed by atoms with Crippen molar-refractivity contribution < 1.29 is 4.92 Å². The summed E-state index contributed by atoms with van der Waals surface area (Å²) in [7, 11) is 6.08. The summed E-state index contributed by atoms with van der Waals surface area (Å²) in [6, 6.07) is 5.39. The van der Waals surface area contributed by atoms with Crippen molar-refractivity contribution in [3.8, 4) is 0 Å². The van der Waals surface area contributed by atoms with Crippen LogP contribution in [0.3, 0.4) is 0 Å². The zero-order valence-corrected chi connectivity index (χ0v) is 12.7. The molecule has 6 nitrogen and oxygen atoms in total. The molecule has 6 heteroatoms. The van der Waals surface area contributed by atoms with Gasteiger partial charge in [-0.1, -0.05) is 6.07 Å². The van der Waals surface area contributed by atoms with E-state index in [1.165, 1.54) is 0 Å². The smallest absolute Gasteiger partial charge is 0.292 e. The number of nitro groups is 1. The SMILES string of the molecule is CCNc1ccc(CN(C)CCN(C)C)cc1[N+](=O)[O-]. The maximum atomic E-state index is 11.1. The number of hydrogen-bond acceptors (Lipinski definition) is 5. The summed E-state index contributed by atoms with van der Waals surface area (Å²) < 4.78 is 0. The fraction of sp³-hybridized carbons (Fsp3) is 0.571. The van der Waals surface area contributed by atoms with Crippen LogP contribution in [0.15, 0.2) is 18.2 Å². The van der Waals surface area contributed by atoms with Gasteiger partial charge in [-0.2, -0.15) is 0 Å². The largest absolute Gasteiger partial charge is 0.380 e. The number of nitro benzene ring substituents is 1. The minimum atomic E-state index is -0.332. The van der Waals surface area contributed by atoms with Crippen molar-refractivity contribution in [2.45, 2.75) is 13.5 Å². The van der Waals surface area contributed by atoms with Crippen molar-refractivity contribution in [1.29, 1.82) is 0 Å². The van der Waals surface area contributed by atoms with E-state index in [2.05, 4.69) is 15.1 Å². The van der Waals surface area contributed by atoms with Gasteiger partial charge in [-0.05, 0) is 39.7 Å². The molecule has 0 heterocycles. The van der Waals surface area contributed by atoms with Crippen LogP contribution in [0.4, 0.5) is 11.4 Å². The standard InChI is InChI=1S/C14H24N4O2/c1-5-15-13-7-6-12(10-14(13)18(19)20)11-17(4)9-8-16(2)3/h6-7,10,15H,5,8-9,11H2,1-4H3. The molecule has 0 aliphatic carbocycles. The molecule has 1 aromatic carbocycles. The zero-order chi connectivity index (χ0) is 15.1. The predicted molar refractivity (Wildman–Crippen MR) is 82.1 cm³/mol. The van der Waals surface area contributed by atoms with Crippen molar-refractivity contribution in [3.05, 3.63) is 33.9 Å². The van der Waals surface area contributed by atoms with Gasteiger partial charge in [0, 0.05) is 32.2 Å². The summed E-state index contributed by atoms with van der Waals surface area (Å²) >= 11 is 0. The summed E-state index contributed by atoms with van der Waals surface area (Å²) in [4.78, 5) is 15.0. The number of nitrogens with one attached hydrogen (secondary N) is 1. The van der Waals surface area contributed by atoms with Crippen LogP contribution in [0, 0.1) is 10.1 Å².